The summed E-state index contributed by atoms with van der Waals surface area (Å²) in [6, 6.07) is 28.9. The van der Waals surface area contributed by atoms with Gasteiger partial charge in [-0.15, -0.1) is 0 Å². The lowest BCUT2D eigenvalue weighted by Gasteiger charge is -2.31. The molecule has 18 nitrogen and oxygen atoms in total. The number of benzene rings is 15. The van der Waals surface area contributed by atoms with Crippen LogP contribution < -0.4 is 0 Å². The second-order valence-electron chi connectivity index (χ2n) is 27.5. The van der Waals surface area contributed by atoms with E-state index in [1.54, 1.807) is 114 Å². The maximum Gasteiger partial charge on any atom is 0.261 e. The van der Waals surface area contributed by atoms with Gasteiger partial charge in [0.05, 0.1) is 0 Å². The number of carbonyl (C=O) groups is 12. The minimum Gasteiger partial charge on any atom is -0.275 e. The molecular weight excluding hydrogens is 1920 g/mol. The summed E-state index contributed by atoms with van der Waals surface area (Å²) >= 11 is 29.8. The van der Waals surface area contributed by atoms with Crippen molar-refractivity contribution in [2.75, 3.05) is 39.3 Å². The Labute approximate surface area is 688 Å². The predicted octanol–water partition coefficient (Wildman–Crippen LogP) is 21.0. The number of amides is 12. The average molecular weight is 1970 g/mol. The monoisotopic (exact) mass is 1960 g/mol. The second kappa shape index (κ2) is 24.7. The number of nitrogens with zero attached hydrogens (tertiary/aromatic N) is 6. The van der Waals surface area contributed by atoms with Crippen molar-refractivity contribution in [2.45, 2.75) is 41.5 Å². The Morgan fingerprint density at radius 1 is 0.173 bits per heavy atom. The van der Waals surface area contributed by atoms with Gasteiger partial charge < -0.3 is 0 Å². The van der Waals surface area contributed by atoms with Gasteiger partial charge in [0.25, 0.3) is 70.9 Å². The van der Waals surface area contributed by atoms with Crippen LogP contribution in [0.4, 0.5) is 0 Å². The van der Waals surface area contributed by atoms with E-state index >= 15 is 0 Å². The predicted molar refractivity (Wildman–Crippen MR) is 451 cm³/mol. The van der Waals surface area contributed by atoms with Gasteiger partial charge in [-0.3, -0.25) is 86.9 Å². The minimum atomic E-state index is -0.337. The number of fused-ring (bicyclic) bond motifs is 6. The van der Waals surface area contributed by atoms with Gasteiger partial charge in [-0.25, -0.2) is 0 Å². The summed E-state index contributed by atoms with van der Waals surface area (Å²) < 4.78 is 5.56. The molecule has 0 bridgehead atoms. The maximum absolute atomic E-state index is 13.4. The molecule has 0 saturated heterocycles. The molecule has 0 N–H and O–H groups in total. The highest BCUT2D eigenvalue weighted by molar-refractivity contribution is 9.12. The standard InChI is InChI=1S/C28H14Br4N2O4.2C28H16Br2N2O4/c1-3-33-25(35)9-5-13(29)19-21-15(31)7-11-18-12(28(38)34(4-2)27(11)37)8-16(32)22(24(18)21)20-14(30)6-10(26(33)36)17(9)23(19)20;1-3-31-25(33)13-7-5-11-22-18(30)10-16-20-14(26(34)32(4-2)28(16)36)8-6-12(24(20)22)21-17(29)9-15(27(31)35)19(13)23(11)21;1-3-31-25(33)13-7-5-11-19-12(6-8-14(20(13)19)26(31)34)23-18(30)10-16-21-15(9-17(29)22(11)24(21)23)27(35)32(4-2)28(16)36/h5-8H,3-4H2,1-2H3;2*5-10H,3-4H2,1-2H3. The highest BCUT2D eigenvalue weighted by Gasteiger charge is 2.43. The molecule has 0 unspecified atom stereocenters. The fourth-order valence-corrected chi connectivity index (χ4v) is 23.3. The third-order valence-corrected chi connectivity index (χ3v) is 27.7. The lowest BCUT2D eigenvalue weighted by Crippen LogP contribution is -2.40. The fraction of sp³-hybridized carbons (Fsp3) is 0.143. The van der Waals surface area contributed by atoms with Gasteiger partial charge in [0.2, 0.25) is 0 Å². The van der Waals surface area contributed by atoms with E-state index in [1.165, 1.54) is 29.4 Å². The van der Waals surface area contributed by atoms with E-state index < -0.39 is 0 Å². The SMILES string of the molecule is CCN1C(=O)c2cc(Br)c3c4c(Br)cc5c6c(cc(Br)c(c7c(Br)cc(c2c37)C1=O)c64)C(=O)N(CC)C5=O.CCN1C(=O)c2ccc3c4c(Br)cc5c6c(cc(Br)c(c7ccc(c2c37)C1=O)c64)C(=O)N(CC)C5=O.CCN1C(=O)c2ccc3c4c(Br)cc5c6c(ccc(c7c(Br)cc(c2c37)C1=O)c64)C(=O)N(CC)C5=O. The molecular formula is C84H46Br8N6O12. The van der Waals surface area contributed by atoms with Crippen molar-refractivity contribution in [3.8, 4) is 0 Å². The summed E-state index contributed by atoms with van der Waals surface area (Å²) in [5.41, 5.74) is 5.69. The van der Waals surface area contributed by atoms with Crippen LogP contribution >= 0.6 is 127 Å². The molecule has 0 radical (unpaired) electrons. The molecule has 15 aromatic rings. The third-order valence-electron chi connectivity index (χ3n) is 22.7. The van der Waals surface area contributed by atoms with E-state index in [-0.39, 0.29) is 104 Å². The summed E-state index contributed by atoms with van der Waals surface area (Å²) in [7, 11) is 0. The molecule has 6 heterocycles. The summed E-state index contributed by atoms with van der Waals surface area (Å²) in [6.07, 6.45) is 0. The van der Waals surface area contributed by atoms with E-state index in [0.29, 0.717) is 141 Å². The molecule has 21 rings (SSSR count). The molecule has 15 aromatic carbocycles. The van der Waals surface area contributed by atoms with E-state index in [4.69, 9.17) is 0 Å². The van der Waals surface area contributed by atoms with Crippen LogP contribution in [0.15, 0.2) is 133 Å². The van der Waals surface area contributed by atoms with E-state index in [0.717, 1.165) is 97.0 Å². The zero-order valence-corrected chi connectivity index (χ0v) is 70.8. The zero-order chi connectivity index (χ0) is 77.4. The van der Waals surface area contributed by atoms with E-state index in [9.17, 15) is 57.5 Å². The molecule has 0 fully saturated rings. The average Bonchev–Trinajstić information content (AvgIpc) is 0.686. The molecule has 0 atom stereocenters. The third kappa shape index (κ3) is 8.87. The molecule has 540 valence electrons. The minimum absolute atomic E-state index is 0.263. The van der Waals surface area contributed by atoms with Crippen molar-refractivity contribution in [1.29, 1.82) is 0 Å². The summed E-state index contributed by atoms with van der Waals surface area (Å²) in [5.74, 6) is -3.83. The Balaban J connectivity index is 0.000000112. The van der Waals surface area contributed by atoms with E-state index in [2.05, 4.69) is 127 Å². The van der Waals surface area contributed by atoms with Crippen LogP contribution in [0.25, 0.3) is 129 Å². The normalized spacial score (nSPS) is 15.5. The number of carbonyl (C=O) groups excluding carboxylic acids is 12. The zero-order valence-electron chi connectivity index (χ0n) is 58.1. The Morgan fingerprint density at radius 3 is 0.518 bits per heavy atom. The van der Waals surface area contributed by atoms with E-state index in [1.807, 2.05) is 24.3 Å². The van der Waals surface area contributed by atoms with Crippen LogP contribution in [0.2, 0.25) is 0 Å². The van der Waals surface area contributed by atoms with Crippen molar-refractivity contribution < 1.29 is 57.5 Å². The van der Waals surface area contributed by atoms with Crippen molar-refractivity contribution in [3.05, 3.63) is 200 Å². The Bertz CT molecular complexity index is 6700. The fourth-order valence-electron chi connectivity index (χ4n) is 18.2. The van der Waals surface area contributed by atoms with Crippen LogP contribution in [-0.2, 0) is 0 Å². The van der Waals surface area contributed by atoms with Gasteiger partial charge >= 0.3 is 0 Å². The van der Waals surface area contributed by atoms with Crippen molar-refractivity contribution >= 4 is 328 Å². The lowest BCUT2D eigenvalue weighted by molar-refractivity contribution is 0.0603. The molecule has 0 aliphatic carbocycles. The number of hydrogen-bond acceptors (Lipinski definition) is 12. The van der Waals surface area contributed by atoms with Crippen molar-refractivity contribution in [3.63, 3.8) is 0 Å². The van der Waals surface area contributed by atoms with Crippen LogP contribution in [-0.4, -0.2) is 140 Å². The Hall–Kier alpha value is -9.12. The first kappa shape index (κ1) is 71.2. The maximum atomic E-state index is 13.4. The van der Waals surface area contributed by atoms with Crippen molar-refractivity contribution in [1.82, 2.24) is 29.4 Å². The number of halogens is 8. The molecule has 0 aromatic heterocycles. The van der Waals surface area contributed by atoms with Crippen LogP contribution in [0.5, 0.6) is 0 Å². The molecule has 0 spiro atoms. The van der Waals surface area contributed by atoms with Crippen molar-refractivity contribution in [2.24, 2.45) is 0 Å². The quantitative estimate of drug-likeness (QED) is 0.0861. The van der Waals surface area contributed by atoms with Crippen LogP contribution in [0.3, 0.4) is 0 Å². The van der Waals surface area contributed by atoms with Crippen LogP contribution in [0.1, 0.15) is 166 Å². The lowest BCUT2D eigenvalue weighted by atomic mass is 9.82. The molecule has 6 aliphatic heterocycles. The topological polar surface area (TPSA) is 224 Å². The summed E-state index contributed by atoms with van der Waals surface area (Å²) in [5, 5.41) is 18.5. The number of rotatable bonds is 6. The first-order chi connectivity index (χ1) is 52.7. The number of imide groups is 6. The van der Waals surface area contributed by atoms with Crippen LogP contribution in [0, 0.1) is 0 Å². The summed E-state index contributed by atoms with van der Waals surface area (Å²) in [4.78, 5) is 167. The van der Waals surface area contributed by atoms with Gasteiger partial charge in [0.1, 0.15) is 0 Å². The Kier molecular flexibility index (Phi) is 16.0. The molecule has 0 saturated carbocycles. The number of hydrogen-bond donors (Lipinski definition) is 0. The van der Waals surface area contributed by atoms with Gasteiger partial charge in [0, 0.05) is 244 Å². The summed E-state index contributed by atoms with van der Waals surface area (Å²) in [6.45, 7) is 12.4. The molecule has 110 heavy (non-hydrogen) atoms. The van der Waals surface area contributed by atoms with Gasteiger partial charge in [-0.05, 0) is 141 Å². The Morgan fingerprint density at radius 2 is 0.318 bits per heavy atom. The van der Waals surface area contributed by atoms with Gasteiger partial charge in [-0.1, -0.05) is 152 Å². The second-order valence-corrected chi connectivity index (χ2v) is 34.4. The highest BCUT2D eigenvalue weighted by Crippen LogP contribution is 2.57. The largest absolute Gasteiger partial charge is 0.275 e. The van der Waals surface area contributed by atoms with Gasteiger partial charge in [0.15, 0.2) is 0 Å². The van der Waals surface area contributed by atoms with Gasteiger partial charge in [-0.2, -0.15) is 0 Å². The first-order valence-corrected chi connectivity index (χ1v) is 41.4. The molecule has 12 amide bonds. The first-order valence-electron chi connectivity index (χ1n) is 35.0. The molecule has 26 heteroatoms. The highest BCUT2D eigenvalue weighted by atomic mass is 79.9. The molecule has 6 aliphatic rings. The smallest absolute Gasteiger partial charge is 0.261 e.